The fraction of sp³-hybridized carbons (Fsp3) is 0.417. The van der Waals surface area contributed by atoms with Gasteiger partial charge in [-0.3, -0.25) is 0 Å². The van der Waals surface area contributed by atoms with E-state index in [2.05, 4.69) is 11.4 Å². The van der Waals surface area contributed by atoms with Crippen molar-refractivity contribution in [3.05, 3.63) is 29.3 Å². The maximum absolute atomic E-state index is 8.95. The van der Waals surface area contributed by atoms with Gasteiger partial charge in [-0.05, 0) is 37.5 Å². The molecular weight excluding hydrogens is 208 g/mol. The first-order valence-electron chi connectivity index (χ1n) is 5.21. The summed E-state index contributed by atoms with van der Waals surface area (Å²) in [6, 6.07) is 10.3. The highest BCUT2D eigenvalue weighted by molar-refractivity contribution is 6.30. The van der Waals surface area contributed by atoms with Crippen LogP contribution in [-0.2, 0) is 0 Å². The molecule has 15 heavy (non-hydrogen) atoms. The molecule has 0 spiro atoms. The van der Waals surface area contributed by atoms with E-state index in [1.54, 1.807) is 0 Å². The molecule has 78 valence electrons. The van der Waals surface area contributed by atoms with Crippen LogP contribution >= 0.6 is 11.6 Å². The second-order valence-corrected chi connectivity index (χ2v) is 4.36. The van der Waals surface area contributed by atoms with E-state index in [0.717, 1.165) is 30.0 Å². The number of anilines is 1. The number of hydrogen-bond acceptors (Lipinski definition) is 2. The summed E-state index contributed by atoms with van der Waals surface area (Å²) in [4.78, 5) is 0. The van der Waals surface area contributed by atoms with Gasteiger partial charge in [-0.1, -0.05) is 17.7 Å². The SMILES string of the molecule is N#CC1CCCC1Nc1cccc(Cl)c1. The Bertz CT molecular complexity index is 383. The van der Waals surface area contributed by atoms with E-state index in [9.17, 15) is 0 Å². The number of hydrogen-bond donors (Lipinski definition) is 1. The van der Waals surface area contributed by atoms with Gasteiger partial charge in [0.15, 0.2) is 0 Å². The summed E-state index contributed by atoms with van der Waals surface area (Å²) in [5, 5.41) is 13.1. The second kappa shape index (κ2) is 4.55. The van der Waals surface area contributed by atoms with Crippen LogP contribution in [0.2, 0.25) is 5.02 Å². The summed E-state index contributed by atoms with van der Waals surface area (Å²) in [7, 11) is 0. The lowest BCUT2D eigenvalue weighted by molar-refractivity contribution is 0.630. The Morgan fingerprint density at radius 2 is 2.27 bits per heavy atom. The van der Waals surface area contributed by atoms with Gasteiger partial charge in [0, 0.05) is 16.8 Å². The molecule has 0 amide bonds. The number of halogens is 1. The Kier molecular flexibility index (Phi) is 3.13. The molecule has 2 unspecified atom stereocenters. The van der Waals surface area contributed by atoms with Crippen molar-refractivity contribution in [1.82, 2.24) is 0 Å². The topological polar surface area (TPSA) is 35.8 Å². The van der Waals surface area contributed by atoms with Gasteiger partial charge in [0.25, 0.3) is 0 Å². The zero-order valence-electron chi connectivity index (χ0n) is 8.41. The minimum absolute atomic E-state index is 0.143. The third-order valence-electron chi connectivity index (χ3n) is 2.86. The van der Waals surface area contributed by atoms with Crippen LogP contribution in [0.3, 0.4) is 0 Å². The van der Waals surface area contributed by atoms with Crippen molar-refractivity contribution in [2.24, 2.45) is 5.92 Å². The van der Waals surface area contributed by atoms with E-state index in [1.807, 2.05) is 24.3 Å². The van der Waals surface area contributed by atoms with Gasteiger partial charge >= 0.3 is 0 Å². The zero-order valence-corrected chi connectivity index (χ0v) is 9.17. The molecule has 0 saturated heterocycles. The normalized spacial score (nSPS) is 24.8. The second-order valence-electron chi connectivity index (χ2n) is 3.93. The highest BCUT2D eigenvalue weighted by atomic mass is 35.5. The lowest BCUT2D eigenvalue weighted by atomic mass is 10.1. The van der Waals surface area contributed by atoms with Gasteiger partial charge in [0.1, 0.15) is 0 Å². The summed E-state index contributed by atoms with van der Waals surface area (Å²) in [5.41, 5.74) is 1.01. The van der Waals surface area contributed by atoms with Gasteiger partial charge in [0.2, 0.25) is 0 Å². The molecule has 2 atom stereocenters. The first-order chi connectivity index (χ1) is 7.29. The lowest BCUT2D eigenvalue weighted by Gasteiger charge is -2.16. The summed E-state index contributed by atoms with van der Waals surface area (Å²) in [6.45, 7) is 0. The molecule has 1 aromatic rings. The number of nitriles is 1. The molecule has 3 heteroatoms. The van der Waals surface area contributed by atoms with Crippen molar-refractivity contribution in [2.75, 3.05) is 5.32 Å². The number of benzene rings is 1. The first kappa shape index (κ1) is 10.3. The Hall–Kier alpha value is -1.20. The highest BCUT2D eigenvalue weighted by Crippen LogP contribution is 2.28. The molecule has 1 aromatic carbocycles. The van der Waals surface area contributed by atoms with Crippen LogP contribution in [0.5, 0.6) is 0 Å². The average molecular weight is 221 g/mol. The van der Waals surface area contributed by atoms with E-state index in [4.69, 9.17) is 16.9 Å². The van der Waals surface area contributed by atoms with E-state index >= 15 is 0 Å². The van der Waals surface area contributed by atoms with E-state index in [0.29, 0.717) is 0 Å². The molecule has 1 aliphatic rings. The summed E-state index contributed by atoms with van der Waals surface area (Å²) < 4.78 is 0. The molecule has 1 saturated carbocycles. The zero-order chi connectivity index (χ0) is 10.7. The molecule has 1 N–H and O–H groups in total. The summed E-state index contributed by atoms with van der Waals surface area (Å²) in [5.74, 6) is 0.143. The molecule has 1 fully saturated rings. The highest BCUT2D eigenvalue weighted by Gasteiger charge is 2.26. The Labute approximate surface area is 94.9 Å². The molecule has 0 radical (unpaired) electrons. The minimum Gasteiger partial charge on any atom is -0.381 e. The number of nitrogens with zero attached hydrogens (tertiary/aromatic N) is 1. The van der Waals surface area contributed by atoms with E-state index < -0.39 is 0 Å². The Morgan fingerprint density at radius 3 is 3.00 bits per heavy atom. The maximum Gasteiger partial charge on any atom is 0.0677 e. The molecule has 2 nitrogen and oxygen atoms in total. The molecule has 0 aromatic heterocycles. The predicted octanol–water partition coefficient (Wildman–Crippen LogP) is 3.44. The van der Waals surface area contributed by atoms with Crippen LogP contribution in [-0.4, -0.2) is 6.04 Å². The van der Waals surface area contributed by atoms with Crippen molar-refractivity contribution in [1.29, 1.82) is 5.26 Å². The van der Waals surface area contributed by atoms with Gasteiger partial charge in [-0.2, -0.15) is 5.26 Å². The van der Waals surface area contributed by atoms with Crippen molar-refractivity contribution < 1.29 is 0 Å². The maximum atomic E-state index is 8.95. The predicted molar refractivity (Wildman–Crippen MR) is 61.8 cm³/mol. The molecule has 0 heterocycles. The fourth-order valence-electron chi connectivity index (χ4n) is 2.08. The quantitative estimate of drug-likeness (QED) is 0.829. The van der Waals surface area contributed by atoms with Crippen LogP contribution in [0.1, 0.15) is 19.3 Å². The van der Waals surface area contributed by atoms with Crippen molar-refractivity contribution in [2.45, 2.75) is 25.3 Å². The first-order valence-corrected chi connectivity index (χ1v) is 5.59. The van der Waals surface area contributed by atoms with Crippen molar-refractivity contribution in [3.8, 4) is 6.07 Å². The lowest BCUT2D eigenvalue weighted by Crippen LogP contribution is -2.22. The third-order valence-corrected chi connectivity index (χ3v) is 3.09. The van der Waals surface area contributed by atoms with Crippen molar-refractivity contribution >= 4 is 17.3 Å². The van der Waals surface area contributed by atoms with Crippen LogP contribution in [0.15, 0.2) is 24.3 Å². The smallest absolute Gasteiger partial charge is 0.0677 e. The molecule has 1 aliphatic carbocycles. The molecule has 0 bridgehead atoms. The van der Waals surface area contributed by atoms with Crippen molar-refractivity contribution in [3.63, 3.8) is 0 Å². The Balaban J connectivity index is 2.06. The monoisotopic (exact) mass is 220 g/mol. The van der Waals surface area contributed by atoms with E-state index in [-0.39, 0.29) is 12.0 Å². The van der Waals surface area contributed by atoms with Gasteiger partial charge in [-0.15, -0.1) is 0 Å². The number of nitrogens with one attached hydrogen (secondary N) is 1. The van der Waals surface area contributed by atoms with Gasteiger partial charge in [0.05, 0.1) is 12.0 Å². The number of rotatable bonds is 2. The summed E-state index contributed by atoms with van der Waals surface area (Å²) >= 11 is 5.90. The van der Waals surface area contributed by atoms with E-state index in [1.165, 1.54) is 0 Å². The molecule has 2 rings (SSSR count). The van der Waals surface area contributed by atoms with Gasteiger partial charge < -0.3 is 5.32 Å². The molecular formula is C12H13ClN2. The Morgan fingerprint density at radius 1 is 1.40 bits per heavy atom. The minimum atomic E-state index is 0.143. The van der Waals surface area contributed by atoms with Crippen LogP contribution < -0.4 is 5.32 Å². The fourth-order valence-corrected chi connectivity index (χ4v) is 2.27. The largest absolute Gasteiger partial charge is 0.381 e. The van der Waals surface area contributed by atoms with Crippen LogP contribution in [0.4, 0.5) is 5.69 Å². The summed E-state index contributed by atoms with van der Waals surface area (Å²) in [6.07, 6.45) is 3.22. The van der Waals surface area contributed by atoms with Crippen LogP contribution in [0, 0.1) is 17.2 Å². The third kappa shape index (κ3) is 2.43. The molecule has 0 aliphatic heterocycles. The van der Waals surface area contributed by atoms with Crippen LogP contribution in [0.25, 0.3) is 0 Å². The van der Waals surface area contributed by atoms with Gasteiger partial charge in [-0.25, -0.2) is 0 Å². The standard InChI is InChI=1S/C12H13ClN2/c13-10-4-2-5-11(7-10)15-12-6-1-3-9(12)8-14/h2,4-5,7,9,12,15H,1,3,6H2. The average Bonchev–Trinajstić information content (AvgIpc) is 2.65.